The molecule has 0 aliphatic carbocycles. The van der Waals surface area contributed by atoms with Gasteiger partial charge in [0.15, 0.2) is 0 Å². The molecule has 0 aromatic heterocycles. The number of hydrogen-bond acceptors (Lipinski definition) is 3. The number of amides is 2. The lowest BCUT2D eigenvalue weighted by molar-refractivity contribution is -0.121. The van der Waals surface area contributed by atoms with E-state index in [0.29, 0.717) is 17.1 Å². The molecule has 0 aliphatic heterocycles. The Morgan fingerprint density at radius 2 is 1.69 bits per heavy atom. The first kappa shape index (κ1) is 19.9. The zero-order chi connectivity index (χ0) is 18.9. The van der Waals surface area contributed by atoms with E-state index in [2.05, 4.69) is 10.6 Å². The minimum Gasteiger partial charge on any atom is -0.351 e. The fraction of sp³-hybridized carbons (Fsp3) is 0.300. The zero-order valence-electron chi connectivity index (χ0n) is 15.0. The molecule has 2 aromatic rings. The van der Waals surface area contributed by atoms with Gasteiger partial charge >= 0.3 is 0 Å². The normalized spacial score (nSPS) is 11.8. The Balaban J connectivity index is 1.86. The van der Waals surface area contributed by atoms with Crippen molar-refractivity contribution in [1.29, 1.82) is 0 Å². The number of halogens is 1. The fourth-order valence-electron chi connectivity index (χ4n) is 2.58. The molecule has 2 amide bonds. The average molecular weight is 374 g/mol. The summed E-state index contributed by atoms with van der Waals surface area (Å²) < 4.78 is 0. The number of nitrogens with zero attached hydrogens (tertiary/aromatic N) is 1. The summed E-state index contributed by atoms with van der Waals surface area (Å²) in [7, 11) is 3.93. The smallest absolute Gasteiger partial charge is 0.252 e. The zero-order valence-corrected chi connectivity index (χ0v) is 15.8. The molecular formula is C20H24ClN3O2. The molecule has 0 radical (unpaired) electrons. The van der Waals surface area contributed by atoms with Gasteiger partial charge in [0, 0.05) is 19.5 Å². The van der Waals surface area contributed by atoms with Gasteiger partial charge in [-0.1, -0.05) is 54.1 Å². The summed E-state index contributed by atoms with van der Waals surface area (Å²) >= 11 is 6.00. The van der Waals surface area contributed by atoms with Crippen LogP contribution in [-0.4, -0.2) is 43.9 Å². The van der Waals surface area contributed by atoms with E-state index < -0.39 is 0 Å². The van der Waals surface area contributed by atoms with Gasteiger partial charge in [0.2, 0.25) is 5.91 Å². The molecule has 1 atom stereocenters. The maximum atomic E-state index is 12.3. The first-order chi connectivity index (χ1) is 12.5. The molecule has 0 heterocycles. The van der Waals surface area contributed by atoms with Gasteiger partial charge in [-0.15, -0.1) is 0 Å². The largest absolute Gasteiger partial charge is 0.351 e. The first-order valence-corrected chi connectivity index (χ1v) is 8.87. The average Bonchev–Trinajstić information content (AvgIpc) is 2.62. The predicted molar refractivity (Wildman–Crippen MR) is 104 cm³/mol. The van der Waals surface area contributed by atoms with Crippen LogP contribution in [0.5, 0.6) is 0 Å². The van der Waals surface area contributed by atoms with Crippen molar-refractivity contribution in [2.45, 2.75) is 12.5 Å². The third-order valence-corrected chi connectivity index (χ3v) is 4.17. The number of likely N-dealkylation sites (N-methyl/N-ethyl adjacent to an activating group) is 1. The van der Waals surface area contributed by atoms with Crippen LogP contribution in [0.25, 0.3) is 0 Å². The second kappa shape index (κ2) is 9.94. The quantitative estimate of drug-likeness (QED) is 0.748. The topological polar surface area (TPSA) is 61.4 Å². The third kappa shape index (κ3) is 6.17. The van der Waals surface area contributed by atoms with Crippen LogP contribution >= 0.6 is 11.6 Å². The Bertz CT molecular complexity index is 735. The minimum absolute atomic E-state index is 0.0991. The van der Waals surface area contributed by atoms with Crippen LogP contribution in [0.1, 0.15) is 28.4 Å². The van der Waals surface area contributed by atoms with Crippen molar-refractivity contribution in [3.8, 4) is 0 Å². The molecule has 138 valence electrons. The summed E-state index contributed by atoms with van der Waals surface area (Å²) in [6.45, 7) is 0.946. The van der Waals surface area contributed by atoms with E-state index in [0.717, 1.165) is 5.56 Å². The Kier molecular flexibility index (Phi) is 7.63. The van der Waals surface area contributed by atoms with Gasteiger partial charge in [0.05, 0.1) is 16.6 Å². The van der Waals surface area contributed by atoms with Crippen molar-refractivity contribution >= 4 is 23.4 Å². The molecule has 0 bridgehead atoms. The molecule has 0 spiro atoms. The molecular weight excluding hydrogens is 350 g/mol. The maximum absolute atomic E-state index is 12.3. The number of benzene rings is 2. The van der Waals surface area contributed by atoms with E-state index in [9.17, 15) is 9.59 Å². The van der Waals surface area contributed by atoms with E-state index in [1.165, 1.54) is 0 Å². The summed E-state index contributed by atoms with van der Waals surface area (Å²) in [5.41, 5.74) is 1.46. The highest BCUT2D eigenvalue weighted by Gasteiger charge is 2.16. The van der Waals surface area contributed by atoms with E-state index >= 15 is 0 Å². The summed E-state index contributed by atoms with van der Waals surface area (Å²) in [5.74, 6) is -0.392. The summed E-state index contributed by atoms with van der Waals surface area (Å²) in [6.07, 6.45) is 0.201. The number of carbonyl (C=O) groups is 2. The van der Waals surface area contributed by atoms with Gasteiger partial charge in [0.25, 0.3) is 5.91 Å². The van der Waals surface area contributed by atoms with Crippen molar-refractivity contribution in [1.82, 2.24) is 15.5 Å². The van der Waals surface area contributed by atoms with E-state index in [1.54, 1.807) is 24.3 Å². The molecule has 0 saturated carbocycles. The highest BCUT2D eigenvalue weighted by molar-refractivity contribution is 6.33. The Hall–Kier alpha value is -2.37. The molecule has 0 aliphatic rings. The second-order valence-corrected chi connectivity index (χ2v) is 6.69. The van der Waals surface area contributed by atoms with Crippen LogP contribution in [0.2, 0.25) is 5.02 Å². The lowest BCUT2D eigenvalue weighted by Gasteiger charge is -2.23. The van der Waals surface area contributed by atoms with Gasteiger partial charge in [-0.3, -0.25) is 9.59 Å². The van der Waals surface area contributed by atoms with Gasteiger partial charge in [-0.25, -0.2) is 0 Å². The van der Waals surface area contributed by atoms with Crippen molar-refractivity contribution in [2.75, 3.05) is 27.2 Å². The van der Waals surface area contributed by atoms with Crippen LogP contribution in [-0.2, 0) is 4.79 Å². The highest BCUT2D eigenvalue weighted by atomic mass is 35.5. The van der Waals surface area contributed by atoms with Gasteiger partial charge < -0.3 is 15.5 Å². The van der Waals surface area contributed by atoms with E-state index in [1.807, 2.05) is 49.3 Å². The van der Waals surface area contributed by atoms with Crippen LogP contribution in [0.4, 0.5) is 0 Å². The van der Waals surface area contributed by atoms with E-state index in [-0.39, 0.29) is 30.8 Å². The van der Waals surface area contributed by atoms with Crippen LogP contribution < -0.4 is 10.6 Å². The Morgan fingerprint density at radius 1 is 1.04 bits per heavy atom. The van der Waals surface area contributed by atoms with Crippen molar-refractivity contribution in [3.05, 3.63) is 70.7 Å². The van der Waals surface area contributed by atoms with Crippen LogP contribution in [0, 0.1) is 0 Å². The number of nitrogens with one attached hydrogen (secondary N) is 2. The molecule has 2 rings (SSSR count). The summed E-state index contributed by atoms with van der Waals surface area (Å²) in [5, 5.41) is 6.15. The second-order valence-electron chi connectivity index (χ2n) is 6.28. The van der Waals surface area contributed by atoms with Crippen LogP contribution in [0.3, 0.4) is 0 Å². The lowest BCUT2D eigenvalue weighted by atomic mass is 10.1. The first-order valence-electron chi connectivity index (χ1n) is 8.49. The van der Waals surface area contributed by atoms with Crippen LogP contribution in [0.15, 0.2) is 54.6 Å². The van der Waals surface area contributed by atoms with Crippen molar-refractivity contribution in [2.24, 2.45) is 0 Å². The van der Waals surface area contributed by atoms with Crippen molar-refractivity contribution < 1.29 is 9.59 Å². The summed E-state index contributed by atoms with van der Waals surface area (Å²) in [4.78, 5) is 26.4. The van der Waals surface area contributed by atoms with Crippen molar-refractivity contribution in [3.63, 3.8) is 0 Å². The number of carbonyl (C=O) groups excluding carboxylic acids is 2. The molecule has 6 heteroatoms. The minimum atomic E-state index is -0.281. The van der Waals surface area contributed by atoms with Gasteiger partial charge in [-0.05, 0) is 31.8 Å². The third-order valence-electron chi connectivity index (χ3n) is 3.84. The lowest BCUT2D eigenvalue weighted by Crippen LogP contribution is -2.37. The summed E-state index contributed by atoms with van der Waals surface area (Å²) in [6, 6.07) is 16.6. The standard InChI is InChI=1S/C20H24ClN3O2/c1-24(2)14-18(15-8-4-3-5-9-15)23-19(25)12-13-22-20(26)16-10-6-7-11-17(16)21/h3-11,18H,12-14H2,1-2H3,(H,22,26)(H,23,25)/t18-/m1/s1. The number of hydrogen-bond donors (Lipinski definition) is 2. The van der Waals surface area contributed by atoms with Gasteiger partial charge in [0.1, 0.15) is 0 Å². The molecule has 2 aromatic carbocycles. The maximum Gasteiger partial charge on any atom is 0.252 e. The van der Waals surface area contributed by atoms with Gasteiger partial charge in [-0.2, -0.15) is 0 Å². The molecule has 2 N–H and O–H groups in total. The molecule has 26 heavy (non-hydrogen) atoms. The highest BCUT2D eigenvalue weighted by Crippen LogP contribution is 2.15. The molecule has 5 nitrogen and oxygen atoms in total. The fourth-order valence-corrected chi connectivity index (χ4v) is 2.80. The number of rotatable bonds is 8. The molecule has 0 saturated heterocycles. The monoisotopic (exact) mass is 373 g/mol. The van der Waals surface area contributed by atoms with E-state index in [4.69, 9.17) is 11.6 Å². The Labute approximate surface area is 159 Å². The SMILES string of the molecule is CN(C)C[C@@H](NC(=O)CCNC(=O)c1ccccc1Cl)c1ccccc1. The molecule has 0 fully saturated rings. The predicted octanol–water partition coefficient (Wildman–Crippen LogP) is 2.88. The Morgan fingerprint density at radius 3 is 2.35 bits per heavy atom. The molecule has 0 unspecified atom stereocenters.